The highest BCUT2D eigenvalue weighted by molar-refractivity contribution is 5.91. The van der Waals surface area contributed by atoms with Crippen LogP contribution < -0.4 is 4.90 Å². The Balaban J connectivity index is 2.42. The molecule has 0 saturated carbocycles. The number of rotatable bonds is 3. The second-order valence-electron chi connectivity index (χ2n) is 3.23. The van der Waals surface area contributed by atoms with Crippen molar-refractivity contribution in [2.45, 2.75) is 0 Å². The number of hydrogen-bond acceptors (Lipinski definition) is 6. The van der Waals surface area contributed by atoms with Crippen molar-refractivity contribution >= 4 is 11.9 Å². The molecule has 8 nitrogen and oxygen atoms in total. The first-order chi connectivity index (χ1) is 7.59. The summed E-state index contributed by atoms with van der Waals surface area (Å²) in [5.74, 6) is -0.694. The third kappa shape index (κ3) is 1.60. The van der Waals surface area contributed by atoms with Gasteiger partial charge in [0.05, 0.1) is 6.33 Å². The van der Waals surface area contributed by atoms with Gasteiger partial charge in [-0.3, -0.25) is 0 Å². The van der Waals surface area contributed by atoms with Gasteiger partial charge in [0.25, 0.3) is 11.8 Å². The molecule has 2 aromatic heterocycles. The zero-order chi connectivity index (χ0) is 11.7. The van der Waals surface area contributed by atoms with E-state index in [0.29, 0.717) is 5.95 Å². The standard InChI is InChI=1S/C8H9N5O3/c1-13(2)8-11-6(16-12-8)4-5(7(14)15)10-3-9-4/h3H,1-2H3,(H,9,10)(H,14,15). The van der Waals surface area contributed by atoms with E-state index in [9.17, 15) is 4.79 Å². The summed E-state index contributed by atoms with van der Waals surface area (Å²) in [5.41, 5.74) is 0.0575. The molecule has 0 unspecified atom stereocenters. The Labute approximate surface area is 89.9 Å². The van der Waals surface area contributed by atoms with Gasteiger partial charge in [0.15, 0.2) is 5.69 Å². The first-order valence-corrected chi connectivity index (χ1v) is 4.37. The Kier molecular flexibility index (Phi) is 2.31. The van der Waals surface area contributed by atoms with Crippen LogP contribution in [0.4, 0.5) is 5.95 Å². The molecular formula is C8H9N5O3. The maximum absolute atomic E-state index is 10.8. The summed E-state index contributed by atoms with van der Waals surface area (Å²) >= 11 is 0. The number of carbonyl (C=O) groups is 1. The number of carboxylic acid groups (broad SMARTS) is 1. The average Bonchev–Trinajstić information content (AvgIpc) is 2.86. The quantitative estimate of drug-likeness (QED) is 0.766. The molecule has 84 valence electrons. The summed E-state index contributed by atoms with van der Waals surface area (Å²) in [6, 6.07) is 0. The first-order valence-electron chi connectivity index (χ1n) is 4.37. The molecule has 2 N–H and O–H groups in total. The first kappa shape index (κ1) is 10.1. The van der Waals surface area contributed by atoms with Crippen LogP contribution in [0.15, 0.2) is 10.9 Å². The predicted molar refractivity (Wildman–Crippen MR) is 53.2 cm³/mol. The smallest absolute Gasteiger partial charge is 0.356 e. The monoisotopic (exact) mass is 223 g/mol. The van der Waals surface area contributed by atoms with Crippen molar-refractivity contribution in [2.75, 3.05) is 19.0 Å². The van der Waals surface area contributed by atoms with Crippen molar-refractivity contribution in [3.05, 3.63) is 12.0 Å². The van der Waals surface area contributed by atoms with Gasteiger partial charge in [-0.15, -0.1) is 0 Å². The van der Waals surface area contributed by atoms with Crippen molar-refractivity contribution in [1.29, 1.82) is 0 Å². The van der Waals surface area contributed by atoms with Crippen LogP contribution in [-0.4, -0.2) is 45.3 Å². The lowest BCUT2D eigenvalue weighted by Gasteiger charge is -2.02. The van der Waals surface area contributed by atoms with Crippen LogP contribution in [-0.2, 0) is 0 Å². The molecule has 0 aliphatic rings. The third-order valence-electron chi connectivity index (χ3n) is 1.87. The molecule has 0 atom stereocenters. The average molecular weight is 223 g/mol. The van der Waals surface area contributed by atoms with E-state index < -0.39 is 5.97 Å². The number of nitrogens with zero attached hydrogens (tertiary/aromatic N) is 4. The van der Waals surface area contributed by atoms with Crippen molar-refractivity contribution in [3.8, 4) is 11.6 Å². The van der Waals surface area contributed by atoms with Crippen LogP contribution in [0.3, 0.4) is 0 Å². The van der Waals surface area contributed by atoms with Gasteiger partial charge in [-0.05, 0) is 5.16 Å². The van der Waals surface area contributed by atoms with Crippen LogP contribution in [0.1, 0.15) is 10.5 Å². The molecule has 0 aliphatic carbocycles. The molecule has 0 aromatic carbocycles. The Bertz CT molecular complexity index is 515. The van der Waals surface area contributed by atoms with Crippen LogP contribution in [0, 0.1) is 0 Å². The molecular weight excluding hydrogens is 214 g/mol. The fourth-order valence-corrected chi connectivity index (χ4v) is 1.12. The molecule has 16 heavy (non-hydrogen) atoms. The van der Waals surface area contributed by atoms with E-state index >= 15 is 0 Å². The molecule has 0 fully saturated rings. The van der Waals surface area contributed by atoms with Crippen molar-refractivity contribution in [3.63, 3.8) is 0 Å². The molecule has 8 heteroatoms. The molecule has 0 amide bonds. The van der Waals surface area contributed by atoms with Gasteiger partial charge < -0.3 is 19.5 Å². The predicted octanol–water partition coefficient (Wildman–Crippen LogP) is 0.224. The van der Waals surface area contributed by atoms with Crippen LogP contribution >= 0.6 is 0 Å². The maximum Gasteiger partial charge on any atom is 0.356 e. The van der Waals surface area contributed by atoms with Crippen molar-refractivity contribution in [1.82, 2.24) is 20.1 Å². The number of aromatic amines is 1. The van der Waals surface area contributed by atoms with E-state index in [1.165, 1.54) is 6.33 Å². The van der Waals surface area contributed by atoms with Gasteiger partial charge in [0.1, 0.15) is 5.69 Å². The minimum Gasteiger partial charge on any atom is -0.476 e. The second kappa shape index (κ2) is 3.65. The third-order valence-corrected chi connectivity index (χ3v) is 1.87. The Morgan fingerprint density at radius 1 is 1.56 bits per heavy atom. The topological polar surface area (TPSA) is 108 Å². The summed E-state index contributed by atoms with van der Waals surface area (Å²) < 4.78 is 4.92. The van der Waals surface area contributed by atoms with Crippen molar-refractivity contribution < 1.29 is 14.4 Å². The number of nitrogens with one attached hydrogen (secondary N) is 1. The molecule has 0 spiro atoms. The highest BCUT2D eigenvalue weighted by Gasteiger charge is 2.20. The summed E-state index contributed by atoms with van der Waals surface area (Å²) in [6.45, 7) is 0. The highest BCUT2D eigenvalue weighted by Crippen LogP contribution is 2.20. The van der Waals surface area contributed by atoms with Crippen LogP contribution in [0.2, 0.25) is 0 Å². The Morgan fingerprint density at radius 2 is 2.31 bits per heavy atom. The van der Waals surface area contributed by atoms with Gasteiger partial charge >= 0.3 is 5.97 Å². The minimum absolute atomic E-state index is 0.0959. The van der Waals surface area contributed by atoms with E-state index in [2.05, 4.69) is 20.1 Å². The van der Waals surface area contributed by atoms with E-state index in [0.717, 1.165) is 0 Å². The largest absolute Gasteiger partial charge is 0.476 e. The number of hydrogen-bond donors (Lipinski definition) is 2. The number of aromatic nitrogens is 4. The van der Waals surface area contributed by atoms with Crippen molar-refractivity contribution in [2.24, 2.45) is 0 Å². The summed E-state index contributed by atoms with van der Waals surface area (Å²) in [4.78, 5) is 22.8. The summed E-state index contributed by atoms with van der Waals surface area (Å²) in [5, 5.41) is 12.5. The van der Waals surface area contributed by atoms with Gasteiger partial charge in [-0.1, -0.05) is 0 Å². The molecule has 0 aliphatic heterocycles. The Morgan fingerprint density at radius 3 is 2.88 bits per heavy atom. The zero-order valence-electron chi connectivity index (χ0n) is 8.63. The molecule has 2 heterocycles. The molecule has 0 saturated heterocycles. The van der Waals surface area contributed by atoms with E-state index in [-0.39, 0.29) is 17.3 Å². The lowest BCUT2D eigenvalue weighted by molar-refractivity contribution is 0.0691. The maximum atomic E-state index is 10.8. The normalized spacial score (nSPS) is 10.4. The lowest BCUT2D eigenvalue weighted by atomic mass is 10.3. The number of carboxylic acids is 1. The van der Waals surface area contributed by atoms with Gasteiger partial charge in [0.2, 0.25) is 0 Å². The molecule has 2 rings (SSSR count). The number of imidazole rings is 1. The SMILES string of the molecule is CN(C)c1noc(-c2[nH]cnc2C(=O)O)n1. The fourth-order valence-electron chi connectivity index (χ4n) is 1.12. The number of aromatic carboxylic acids is 1. The molecule has 0 bridgehead atoms. The minimum atomic E-state index is -1.15. The van der Waals surface area contributed by atoms with Gasteiger partial charge in [0, 0.05) is 14.1 Å². The van der Waals surface area contributed by atoms with Crippen LogP contribution in [0.5, 0.6) is 0 Å². The van der Waals surface area contributed by atoms with Gasteiger partial charge in [-0.25, -0.2) is 9.78 Å². The van der Waals surface area contributed by atoms with E-state index in [4.69, 9.17) is 9.63 Å². The molecule has 0 radical (unpaired) electrons. The summed E-state index contributed by atoms with van der Waals surface area (Å²) in [7, 11) is 3.50. The Hall–Kier alpha value is -2.38. The molecule has 2 aromatic rings. The number of H-pyrrole nitrogens is 1. The fraction of sp³-hybridized carbons (Fsp3) is 0.250. The lowest BCUT2D eigenvalue weighted by Crippen LogP contribution is -2.10. The van der Waals surface area contributed by atoms with E-state index in [1.54, 1.807) is 19.0 Å². The van der Waals surface area contributed by atoms with Gasteiger partial charge in [-0.2, -0.15) is 4.98 Å². The number of anilines is 1. The second-order valence-corrected chi connectivity index (χ2v) is 3.23. The van der Waals surface area contributed by atoms with E-state index in [1.807, 2.05) is 0 Å². The highest BCUT2D eigenvalue weighted by atomic mass is 16.5. The van der Waals surface area contributed by atoms with Crippen LogP contribution in [0.25, 0.3) is 11.6 Å². The summed E-state index contributed by atoms with van der Waals surface area (Å²) in [6.07, 6.45) is 1.26. The zero-order valence-corrected chi connectivity index (χ0v) is 8.63.